The predicted octanol–water partition coefficient (Wildman–Crippen LogP) is 2.03. The second-order valence-electron chi connectivity index (χ2n) is 5.79. The average Bonchev–Trinajstić information content (AvgIpc) is 2.45. The van der Waals surface area contributed by atoms with Gasteiger partial charge in [0.05, 0.1) is 11.7 Å². The molecule has 0 aliphatic carbocycles. The van der Waals surface area contributed by atoms with Crippen LogP contribution in [0.5, 0.6) is 0 Å². The van der Waals surface area contributed by atoms with Crippen molar-refractivity contribution in [1.29, 1.82) is 0 Å². The second kappa shape index (κ2) is 9.25. The lowest BCUT2D eigenvalue weighted by Crippen LogP contribution is -2.46. The summed E-state index contributed by atoms with van der Waals surface area (Å²) in [6, 6.07) is 8.68. The third-order valence-electron chi connectivity index (χ3n) is 3.81. The summed E-state index contributed by atoms with van der Waals surface area (Å²) in [5.41, 5.74) is 7.09. The van der Waals surface area contributed by atoms with Gasteiger partial charge >= 0.3 is 0 Å². The molecule has 3 atom stereocenters. The maximum absolute atomic E-state index is 12.7. The molecule has 1 aromatic carbocycles. The Morgan fingerprint density at radius 2 is 1.74 bits per heavy atom. The number of sulfone groups is 1. The van der Waals surface area contributed by atoms with Crippen LogP contribution in [0.25, 0.3) is 0 Å². The van der Waals surface area contributed by atoms with Crippen molar-refractivity contribution in [3.05, 3.63) is 35.9 Å². The molecule has 0 fully saturated rings. The van der Waals surface area contributed by atoms with Crippen LogP contribution >= 0.6 is 12.4 Å². The molecule has 0 saturated carbocycles. The van der Waals surface area contributed by atoms with Crippen molar-refractivity contribution < 1.29 is 13.2 Å². The summed E-state index contributed by atoms with van der Waals surface area (Å²) in [5.74, 6) is -0.570. The largest absolute Gasteiger partial charge is 0.339 e. The molecule has 1 aromatic rings. The third-order valence-corrected chi connectivity index (χ3v) is 4.90. The molecule has 0 aromatic heterocycles. The molecule has 0 spiro atoms. The Labute approximate surface area is 145 Å². The van der Waals surface area contributed by atoms with Gasteiger partial charge in [-0.15, -0.1) is 12.4 Å². The number of carbonyl (C=O) groups excluding carboxylic acids is 1. The number of nitrogens with two attached hydrogens (primary N) is 1. The van der Waals surface area contributed by atoms with Gasteiger partial charge < -0.3 is 10.6 Å². The summed E-state index contributed by atoms with van der Waals surface area (Å²) in [4.78, 5) is 14.3. The van der Waals surface area contributed by atoms with Crippen LogP contribution in [0.4, 0.5) is 0 Å². The summed E-state index contributed by atoms with van der Waals surface area (Å²) in [6.45, 7) is 5.85. The quantitative estimate of drug-likeness (QED) is 0.804. The fourth-order valence-corrected chi connectivity index (χ4v) is 3.65. The van der Waals surface area contributed by atoms with E-state index in [1.165, 1.54) is 6.26 Å². The van der Waals surface area contributed by atoms with E-state index in [-0.39, 0.29) is 30.1 Å². The van der Waals surface area contributed by atoms with E-state index in [1.807, 2.05) is 37.3 Å². The molecule has 0 saturated heterocycles. The Morgan fingerprint density at radius 1 is 1.22 bits per heavy atom. The maximum atomic E-state index is 12.7. The van der Waals surface area contributed by atoms with Crippen molar-refractivity contribution in [3.63, 3.8) is 0 Å². The Hall–Kier alpha value is -1.11. The molecule has 0 bridgehead atoms. The fraction of sp³-hybridized carbons (Fsp3) is 0.562. The number of nitrogens with zero attached hydrogens (tertiary/aromatic N) is 1. The summed E-state index contributed by atoms with van der Waals surface area (Å²) in [6.07, 6.45) is 1.18. The van der Waals surface area contributed by atoms with Crippen molar-refractivity contribution in [2.45, 2.75) is 32.9 Å². The topological polar surface area (TPSA) is 80.5 Å². The number of hydrogen-bond acceptors (Lipinski definition) is 4. The molecule has 0 aliphatic rings. The molecule has 2 N–H and O–H groups in total. The minimum Gasteiger partial charge on any atom is -0.339 e. The highest BCUT2D eigenvalue weighted by Crippen LogP contribution is 2.22. The zero-order chi connectivity index (χ0) is 16.9. The van der Waals surface area contributed by atoms with Crippen LogP contribution in [0.3, 0.4) is 0 Å². The molecular weight excluding hydrogens is 336 g/mol. The highest BCUT2D eigenvalue weighted by Gasteiger charge is 2.29. The van der Waals surface area contributed by atoms with E-state index >= 15 is 0 Å². The van der Waals surface area contributed by atoms with Crippen LogP contribution in [0.15, 0.2) is 30.3 Å². The van der Waals surface area contributed by atoms with Crippen molar-refractivity contribution in [2.75, 3.05) is 18.6 Å². The van der Waals surface area contributed by atoms with E-state index in [0.717, 1.165) is 5.56 Å². The zero-order valence-electron chi connectivity index (χ0n) is 14.1. The Morgan fingerprint density at radius 3 is 2.17 bits per heavy atom. The van der Waals surface area contributed by atoms with E-state index in [4.69, 9.17) is 5.73 Å². The van der Waals surface area contributed by atoms with Crippen molar-refractivity contribution >= 4 is 28.2 Å². The lowest BCUT2D eigenvalue weighted by Gasteiger charge is -2.32. The van der Waals surface area contributed by atoms with Gasteiger partial charge in [-0.25, -0.2) is 8.42 Å². The minimum atomic E-state index is -3.14. The van der Waals surface area contributed by atoms with Crippen LogP contribution in [0.2, 0.25) is 0 Å². The molecule has 0 heterocycles. The first-order valence-corrected chi connectivity index (χ1v) is 9.52. The molecule has 23 heavy (non-hydrogen) atoms. The van der Waals surface area contributed by atoms with Crippen LogP contribution in [0.1, 0.15) is 32.4 Å². The van der Waals surface area contributed by atoms with Gasteiger partial charge in [-0.05, 0) is 19.4 Å². The van der Waals surface area contributed by atoms with Crippen LogP contribution in [-0.2, 0) is 14.6 Å². The lowest BCUT2D eigenvalue weighted by atomic mass is 9.94. The van der Waals surface area contributed by atoms with Gasteiger partial charge in [0.25, 0.3) is 0 Å². The Bertz CT molecular complexity index is 593. The molecule has 0 radical (unpaired) electrons. The Kier molecular flexibility index (Phi) is 8.80. The first-order valence-electron chi connectivity index (χ1n) is 7.46. The van der Waals surface area contributed by atoms with E-state index in [9.17, 15) is 13.2 Å². The minimum absolute atomic E-state index is 0. The summed E-state index contributed by atoms with van der Waals surface area (Å²) in [7, 11) is -3.14. The van der Waals surface area contributed by atoms with E-state index < -0.39 is 21.8 Å². The van der Waals surface area contributed by atoms with Gasteiger partial charge in [-0.3, -0.25) is 4.79 Å². The van der Waals surface area contributed by atoms with Gasteiger partial charge in [-0.1, -0.05) is 37.3 Å². The van der Waals surface area contributed by atoms with Crippen LogP contribution in [-0.4, -0.2) is 43.8 Å². The maximum Gasteiger partial charge on any atom is 0.227 e. The SMILES string of the molecule is CCN(C(=O)C(C)C(N)c1ccccc1)C(C)CS(C)(=O)=O.Cl. The number of amides is 1. The van der Waals surface area contributed by atoms with Gasteiger partial charge in [0.1, 0.15) is 9.84 Å². The molecule has 7 heteroatoms. The summed E-state index contributed by atoms with van der Waals surface area (Å²) < 4.78 is 22.9. The number of carbonyl (C=O) groups is 1. The van der Waals surface area contributed by atoms with Gasteiger partial charge in [-0.2, -0.15) is 0 Å². The highest BCUT2D eigenvalue weighted by molar-refractivity contribution is 7.90. The molecule has 132 valence electrons. The highest BCUT2D eigenvalue weighted by atomic mass is 35.5. The second-order valence-corrected chi connectivity index (χ2v) is 7.98. The molecule has 3 unspecified atom stereocenters. The van der Waals surface area contributed by atoms with E-state index in [1.54, 1.807) is 18.7 Å². The van der Waals surface area contributed by atoms with Gasteiger partial charge in [0.2, 0.25) is 5.91 Å². The number of rotatable bonds is 7. The molecular formula is C16H27ClN2O3S. The summed E-state index contributed by atoms with van der Waals surface area (Å²) >= 11 is 0. The predicted molar refractivity (Wildman–Crippen MR) is 96.3 cm³/mol. The van der Waals surface area contributed by atoms with Gasteiger partial charge in [0, 0.05) is 24.9 Å². The lowest BCUT2D eigenvalue weighted by molar-refractivity contribution is -0.137. The van der Waals surface area contributed by atoms with Gasteiger partial charge in [0.15, 0.2) is 0 Å². The van der Waals surface area contributed by atoms with E-state index in [0.29, 0.717) is 6.54 Å². The normalized spacial score (nSPS) is 15.2. The monoisotopic (exact) mass is 362 g/mol. The Balaban J connectivity index is 0.00000484. The molecule has 5 nitrogen and oxygen atoms in total. The third kappa shape index (κ3) is 6.49. The fourth-order valence-electron chi connectivity index (χ4n) is 2.59. The van der Waals surface area contributed by atoms with Crippen molar-refractivity contribution in [2.24, 2.45) is 11.7 Å². The first kappa shape index (κ1) is 21.9. The number of hydrogen-bond donors (Lipinski definition) is 1. The first-order chi connectivity index (χ1) is 10.2. The van der Waals surface area contributed by atoms with Crippen molar-refractivity contribution in [3.8, 4) is 0 Å². The average molecular weight is 363 g/mol. The molecule has 1 amide bonds. The van der Waals surface area contributed by atoms with E-state index in [2.05, 4.69) is 0 Å². The molecule has 0 aliphatic heterocycles. The zero-order valence-corrected chi connectivity index (χ0v) is 15.7. The van der Waals surface area contributed by atoms with Crippen molar-refractivity contribution in [1.82, 2.24) is 4.90 Å². The number of benzene rings is 1. The van der Waals surface area contributed by atoms with Crippen LogP contribution < -0.4 is 5.73 Å². The summed E-state index contributed by atoms with van der Waals surface area (Å²) in [5, 5.41) is 0. The molecule has 1 rings (SSSR count). The smallest absolute Gasteiger partial charge is 0.227 e. The number of halogens is 1. The van der Waals surface area contributed by atoms with Crippen LogP contribution in [0, 0.1) is 5.92 Å². The standard InChI is InChI=1S/C16H26N2O3S.ClH/c1-5-18(12(2)11-22(4,20)21)16(19)13(3)15(17)14-9-7-6-8-10-14;/h6-10,12-13,15H,5,11,17H2,1-4H3;1H.